The minimum atomic E-state index is -0.792. The van der Waals surface area contributed by atoms with Crippen molar-refractivity contribution >= 4 is 18.0 Å². The lowest BCUT2D eigenvalue weighted by Gasteiger charge is -2.43. The van der Waals surface area contributed by atoms with Crippen molar-refractivity contribution in [2.75, 3.05) is 53.6 Å². The Labute approximate surface area is 225 Å². The molecule has 2 aliphatic rings. The van der Waals surface area contributed by atoms with Gasteiger partial charge in [0.25, 0.3) is 0 Å². The number of methoxy groups -OCH3 is 2. The van der Waals surface area contributed by atoms with Gasteiger partial charge in [0.2, 0.25) is 0 Å². The molecule has 4 amide bonds. The molecule has 0 radical (unpaired) electrons. The Balaban J connectivity index is 2.02. The van der Waals surface area contributed by atoms with Gasteiger partial charge in [0.15, 0.2) is 0 Å². The van der Waals surface area contributed by atoms with Crippen LogP contribution in [0.25, 0.3) is 0 Å². The molecule has 0 aromatic heterocycles. The van der Waals surface area contributed by atoms with E-state index in [-0.39, 0.29) is 30.8 Å². The van der Waals surface area contributed by atoms with Crippen LogP contribution in [0.2, 0.25) is 0 Å². The second-order valence-corrected chi connectivity index (χ2v) is 9.70. The zero-order valence-electron chi connectivity index (χ0n) is 23.5. The van der Waals surface area contributed by atoms with Crippen LogP contribution in [0.1, 0.15) is 46.2 Å². The highest BCUT2D eigenvalue weighted by Crippen LogP contribution is 2.38. The fraction of sp³-hybridized carbons (Fsp3) is 0.593. The van der Waals surface area contributed by atoms with E-state index in [1.807, 2.05) is 32.6 Å². The molecule has 2 atom stereocenters. The third-order valence-electron chi connectivity index (χ3n) is 6.76. The summed E-state index contributed by atoms with van der Waals surface area (Å²) < 4.78 is 16.5. The number of hydrogen-bond donors (Lipinski definition) is 2. The van der Waals surface area contributed by atoms with Gasteiger partial charge >= 0.3 is 18.0 Å². The first-order chi connectivity index (χ1) is 18.1. The number of piperazine rings is 1. The van der Waals surface area contributed by atoms with E-state index in [4.69, 9.17) is 14.2 Å². The molecule has 0 aliphatic carbocycles. The Morgan fingerprint density at radius 2 is 1.89 bits per heavy atom. The third kappa shape index (κ3) is 6.32. The van der Waals surface area contributed by atoms with E-state index in [9.17, 15) is 14.4 Å². The number of esters is 1. The molecule has 0 saturated carbocycles. The molecule has 1 fully saturated rings. The molecule has 1 saturated heterocycles. The summed E-state index contributed by atoms with van der Waals surface area (Å²) in [5.41, 5.74) is 1.53. The van der Waals surface area contributed by atoms with Crippen molar-refractivity contribution in [3.05, 3.63) is 35.0 Å². The molecular formula is C27H41N5O6. The molecule has 1 aromatic carbocycles. The van der Waals surface area contributed by atoms with Crippen LogP contribution in [0.15, 0.2) is 29.5 Å². The first-order valence-electron chi connectivity index (χ1n) is 13.1. The molecule has 1 aromatic rings. The number of nitrogens with zero attached hydrogens (tertiary/aromatic N) is 3. The fourth-order valence-electron chi connectivity index (χ4n) is 4.98. The monoisotopic (exact) mass is 531 g/mol. The van der Waals surface area contributed by atoms with Crippen molar-refractivity contribution in [3.63, 3.8) is 0 Å². The Kier molecular flexibility index (Phi) is 9.84. The summed E-state index contributed by atoms with van der Waals surface area (Å²) in [6, 6.07) is 4.08. The Hall–Kier alpha value is -3.47. The SMILES string of the molecule is CCOC(=O)C1=C(CN2CCN(C(=O)NC(C)C)C(C)C2)N(CC)C(=O)NC1c1cc(OC)ccc1OC. The average Bonchev–Trinajstić information content (AvgIpc) is 2.87. The van der Waals surface area contributed by atoms with Crippen molar-refractivity contribution in [1.82, 2.24) is 25.3 Å². The van der Waals surface area contributed by atoms with Crippen LogP contribution >= 0.6 is 0 Å². The van der Waals surface area contributed by atoms with E-state index in [1.54, 1.807) is 44.2 Å². The molecule has 2 aliphatic heterocycles. The predicted octanol–water partition coefficient (Wildman–Crippen LogP) is 2.73. The largest absolute Gasteiger partial charge is 0.497 e. The number of likely N-dealkylation sites (N-methyl/N-ethyl adjacent to an activating group) is 1. The maximum Gasteiger partial charge on any atom is 0.338 e. The summed E-state index contributed by atoms with van der Waals surface area (Å²) >= 11 is 0. The van der Waals surface area contributed by atoms with E-state index in [2.05, 4.69) is 15.5 Å². The zero-order valence-corrected chi connectivity index (χ0v) is 23.5. The second kappa shape index (κ2) is 12.9. The number of carbonyl (C=O) groups excluding carboxylic acids is 3. The van der Waals surface area contributed by atoms with E-state index >= 15 is 0 Å². The van der Waals surface area contributed by atoms with Gasteiger partial charge in [-0.15, -0.1) is 0 Å². The molecule has 11 nitrogen and oxygen atoms in total. The second-order valence-electron chi connectivity index (χ2n) is 9.70. The van der Waals surface area contributed by atoms with E-state index in [0.29, 0.717) is 61.1 Å². The van der Waals surface area contributed by atoms with Crippen molar-refractivity contribution in [2.45, 2.75) is 52.7 Å². The number of rotatable bonds is 9. The molecule has 11 heteroatoms. The zero-order chi connectivity index (χ0) is 28.0. The van der Waals surface area contributed by atoms with Crippen molar-refractivity contribution in [2.24, 2.45) is 0 Å². The van der Waals surface area contributed by atoms with Crippen LogP contribution in [0, 0.1) is 0 Å². The number of hydrogen-bond acceptors (Lipinski definition) is 7. The minimum Gasteiger partial charge on any atom is -0.497 e. The molecule has 3 rings (SSSR count). The minimum absolute atomic E-state index is 0.0455. The Bertz CT molecular complexity index is 1060. The fourth-order valence-corrected chi connectivity index (χ4v) is 4.98. The van der Waals surface area contributed by atoms with Gasteiger partial charge in [0.1, 0.15) is 11.5 Å². The van der Waals surface area contributed by atoms with E-state index < -0.39 is 12.0 Å². The molecule has 2 unspecified atom stereocenters. The highest BCUT2D eigenvalue weighted by atomic mass is 16.5. The van der Waals surface area contributed by atoms with E-state index in [0.717, 1.165) is 0 Å². The molecule has 0 bridgehead atoms. The Morgan fingerprint density at radius 3 is 2.47 bits per heavy atom. The van der Waals surface area contributed by atoms with Gasteiger partial charge in [-0.3, -0.25) is 9.80 Å². The first-order valence-corrected chi connectivity index (χ1v) is 13.1. The smallest absolute Gasteiger partial charge is 0.338 e. The number of carbonyl (C=O) groups is 3. The summed E-state index contributed by atoms with van der Waals surface area (Å²) in [7, 11) is 3.10. The van der Waals surface area contributed by atoms with Crippen LogP contribution in [0.3, 0.4) is 0 Å². The van der Waals surface area contributed by atoms with Gasteiger partial charge in [-0.05, 0) is 52.8 Å². The lowest BCUT2D eigenvalue weighted by Crippen LogP contribution is -2.58. The molecular weight excluding hydrogens is 490 g/mol. The lowest BCUT2D eigenvalue weighted by molar-refractivity contribution is -0.139. The van der Waals surface area contributed by atoms with Crippen molar-refractivity contribution in [1.29, 1.82) is 0 Å². The number of benzene rings is 1. The summed E-state index contributed by atoms with van der Waals surface area (Å²) in [6.07, 6.45) is 0. The summed E-state index contributed by atoms with van der Waals surface area (Å²) in [5.74, 6) is 0.585. The van der Waals surface area contributed by atoms with Gasteiger partial charge in [-0.25, -0.2) is 14.4 Å². The molecule has 2 heterocycles. The van der Waals surface area contributed by atoms with E-state index in [1.165, 1.54) is 0 Å². The van der Waals surface area contributed by atoms with Gasteiger partial charge in [0, 0.05) is 56.1 Å². The van der Waals surface area contributed by atoms with Gasteiger partial charge < -0.3 is 29.7 Å². The van der Waals surface area contributed by atoms with Gasteiger partial charge in [-0.1, -0.05) is 0 Å². The molecule has 210 valence electrons. The maximum atomic E-state index is 13.5. The van der Waals surface area contributed by atoms with Crippen LogP contribution in [0.5, 0.6) is 11.5 Å². The summed E-state index contributed by atoms with van der Waals surface area (Å²) in [6.45, 7) is 12.1. The maximum absolute atomic E-state index is 13.5. The first kappa shape index (κ1) is 29.1. The number of amides is 4. The highest BCUT2D eigenvalue weighted by Gasteiger charge is 2.40. The van der Waals surface area contributed by atoms with Crippen LogP contribution in [0.4, 0.5) is 9.59 Å². The number of nitrogens with one attached hydrogen (secondary N) is 2. The average molecular weight is 532 g/mol. The molecule has 2 N–H and O–H groups in total. The van der Waals surface area contributed by atoms with Crippen molar-refractivity contribution < 1.29 is 28.6 Å². The van der Waals surface area contributed by atoms with Crippen LogP contribution in [-0.2, 0) is 9.53 Å². The lowest BCUT2D eigenvalue weighted by atomic mass is 9.93. The van der Waals surface area contributed by atoms with Crippen LogP contribution < -0.4 is 20.1 Å². The Morgan fingerprint density at radius 1 is 1.16 bits per heavy atom. The summed E-state index contributed by atoms with van der Waals surface area (Å²) in [5, 5.41) is 5.93. The predicted molar refractivity (Wildman–Crippen MR) is 143 cm³/mol. The normalized spacial score (nSPS) is 20.4. The third-order valence-corrected chi connectivity index (χ3v) is 6.76. The molecule has 38 heavy (non-hydrogen) atoms. The topological polar surface area (TPSA) is 113 Å². The summed E-state index contributed by atoms with van der Waals surface area (Å²) in [4.78, 5) is 45.0. The van der Waals surface area contributed by atoms with Gasteiger partial charge in [0.05, 0.1) is 32.4 Å². The highest BCUT2D eigenvalue weighted by molar-refractivity contribution is 5.95. The standard InChI is InChI=1S/C27H41N5O6/c1-8-31-21(16-30-12-13-32(18(5)15-30)26(34)28-17(3)4)23(25(33)38-9-2)24(29-27(31)35)20-14-19(36-6)10-11-22(20)37-7/h10-11,14,17-18,24H,8-9,12-13,15-16H2,1-7H3,(H,28,34)(H,29,35). The van der Waals surface area contributed by atoms with Crippen LogP contribution in [-0.4, -0.2) is 98.4 Å². The van der Waals surface area contributed by atoms with Crippen molar-refractivity contribution in [3.8, 4) is 11.5 Å². The molecule has 0 spiro atoms. The quantitative estimate of drug-likeness (QED) is 0.471. The number of ether oxygens (including phenoxy) is 3. The van der Waals surface area contributed by atoms with Gasteiger partial charge in [-0.2, -0.15) is 0 Å². The number of urea groups is 2.